The Balaban J connectivity index is 2.84. The largest absolute Gasteiger partial charge is 0.449 e. The van der Waals surface area contributed by atoms with Crippen LogP contribution >= 0.6 is 11.6 Å². The molecule has 94 valence electrons. The van der Waals surface area contributed by atoms with Crippen molar-refractivity contribution >= 4 is 11.6 Å². The van der Waals surface area contributed by atoms with Gasteiger partial charge in [-0.25, -0.2) is 0 Å². The first kappa shape index (κ1) is 13.8. The van der Waals surface area contributed by atoms with Gasteiger partial charge in [-0.1, -0.05) is 12.1 Å². The van der Waals surface area contributed by atoms with Crippen LogP contribution in [0.5, 0.6) is 5.75 Å². The Kier molecular flexibility index (Phi) is 4.34. The second kappa shape index (κ2) is 5.35. The molecule has 0 bridgehead atoms. The zero-order valence-corrected chi connectivity index (χ0v) is 8.95. The molecule has 0 radical (unpaired) electrons. The van der Waals surface area contributed by atoms with Crippen molar-refractivity contribution in [2.45, 2.75) is 12.1 Å². The zero-order valence-electron chi connectivity index (χ0n) is 8.19. The van der Waals surface area contributed by atoms with Crippen molar-refractivity contribution < 1.29 is 26.7 Å². The highest BCUT2D eigenvalue weighted by Gasteiger charge is 2.39. The fraction of sp³-hybridized carbons (Fsp3) is 0.200. The van der Waals surface area contributed by atoms with E-state index in [0.29, 0.717) is 5.56 Å². The molecule has 0 saturated heterocycles. The Hall–Kier alpha value is -1.30. The van der Waals surface area contributed by atoms with E-state index in [1.165, 1.54) is 24.3 Å². The molecule has 0 saturated carbocycles. The highest BCUT2D eigenvalue weighted by molar-refractivity contribution is 6.17. The van der Waals surface area contributed by atoms with E-state index in [2.05, 4.69) is 4.74 Å². The van der Waals surface area contributed by atoms with E-state index >= 15 is 0 Å². The lowest BCUT2D eigenvalue weighted by Gasteiger charge is -2.06. The van der Waals surface area contributed by atoms with Crippen molar-refractivity contribution in [3.63, 3.8) is 0 Å². The van der Waals surface area contributed by atoms with E-state index in [1.54, 1.807) is 0 Å². The van der Waals surface area contributed by atoms with Crippen LogP contribution in [0.1, 0.15) is 5.56 Å². The predicted octanol–water partition coefficient (Wildman–Crippen LogP) is 4.47. The first-order chi connectivity index (χ1) is 7.84. The molecule has 0 unspecified atom stereocenters. The molecule has 0 aromatic heterocycles. The number of ether oxygens (including phenoxy) is 1. The number of hydrogen-bond acceptors (Lipinski definition) is 1. The maximum atomic E-state index is 12.7. The lowest BCUT2D eigenvalue weighted by atomic mass is 10.2. The maximum Gasteiger partial charge on any atom is 0.449 e. The van der Waals surface area contributed by atoms with Gasteiger partial charge in [0.05, 0.1) is 0 Å². The van der Waals surface area contributed by atoms with Crippen LogP contribution in [-0.4, -0.2) is 6.18 Å². The molecule has 0 aliphatic carbocycles. The second-order valence-corrected chi connectivity index (χ2v) is 3.23. The predicted molar refractivity (Wildman–Crippen MR) is 51.9 cm³/mol. The van der Waals surface area contributed by atoms with E-state index in [1.807, 2.05) is 0 Å². The molecule has 1 aromatic rings. The highest BCUT2D eigenvalue weighted by atomic mass is 35.5. The van der Waals surface area contributed by atoms with E-state index < -0.39 is 18.0 Å². The van der Waals surface area contributed by atoms with Crippen molar-refractivity contribution in [1.29, 1.82) is 0 Å². The van der Waals surface area contributed by atoms with Crippen LogP contribution in [0.3, 0.4) is 0 Å². The Bertz CT molecular complexity index is 410. The van der Waals surface area contributed by atoms with Gasteiger partial charge in [0.1, 0.15) is 5.75 Å². The Morgan fingerprint density at radius 3 is 2.06 bits per heavy atom. The van der Waals surface area contributed by atoms with Crippen molar-refractivity contribution in [2.24, 2.45) is 0 Å². The number of rotatable bonds is 3. The van der Waals surface area contributed by atoms with Gasteiger partial charge in [-0.3, -0.25) is 0 Å². The third-order valence-corrected chi connectivity index (χ3v) is 2.02. The number of hydrogen-bond donors (Lipinski definition) is 0. The molecule has 17 heavy (non-hydrogen) atoms. The molecule has 0 aliphatic heterocycles. The molecular weight excluding hydrogens is 267 g/mol. The molecule has 0 N–H and O–H groups in total. The minimum absolute atomic E-state index is 0.190. The van der Waals surface area contributed by atoms with Crippen molar-refractivity contribution in [3.8, 4) is 5.75 Å². The van der Waals surface area contributed by atoms with Crippen LogP contribution in [0.15, 0.2) is 36.1 Å². The minimum atomic E-state index is -5.40. The van der Waals surface area contributed by atoms with Gasteiger partial charge < -0.3 is 4.74 Å². The molecule has 7 heteroatoms. The molecule has 1 rings (SSSR count). The van der Waals surface area contributed by atoms with Crippen molar-refractivity contribution in [3.05, 3.63) is 41.7 Å². The topological polar surface area (TPSA) is 9.23 Å². The molecule has 0 aliphatic rings. The molecule has 0 spiro atoms. The first-order valence-corrected chi connectivity index (χ1v) is 4.83. The molecular formula is C10H6ClF5O. The molecule has 0 fully saturated rings. The minimum Gasteiger partial charge on any atom is -0.430 e. The fourth-order valence-electron chi connectivity index (χ4n) is 0.906. The van der Waals surface area contributed by atoms with Gasteiger partial charge in [-0.15, -0.1) is 11.6 Å². The molecule has 0 amide bonds. The van der Waals surface area contributed by atoms with Gasteiger partial charge in [0.2, 0.25) is 0 Å². The van der Waals surface area contributed by atoms with Gasteiger partial charge in [-0.05, 0) is 17.7 Å². The summed E-state index contributed by atoms with van der Waals surface area (Å²) in [7, 11) is 0. The Morgan fingerprint density at radius 1 is 1.12 bits per heavy atom. The van der Waals surface area contributed by atoms with Crippen LogP contribution in [0.4, 0.5) is 22.0 Å². The smallest absolute Gasteiger partial charge is 0.430 e. The molecule has 1 nitrogen and oxygen atoms in total. The van der Waals surface area contributed by atoms with Gasteiger partial charge >= 0.3 is 12.2 Å². The molecule has 0 atom stereocenters. The summed E-state index contributed by atoms with van der Waals surface area (Å²) in [5.74, 6) is -2.97. The standard InChI is InChI=1S/C10H6ClF5O/c11-5-6-1-3-7(4-2-6)17-9(13)8(12)10(14,15)16/h1-4H,5H2/b9-8+. The summed E-state index contributed by atoms with van der Waals surface area (Å²) in [5, 5.41) is 0. The summed E-state index contributed by atoms with van der Waals surface area (Å²) in [6.45, 7) is 0. The van der Waals surface area contributed by atoms with Crippen molar-refractivity contribution in [1.82, 2.24) is 0 Å². The van der Waals surface area contributed by atoms with Crippen molar-refractivity contribution in [2.75, 3.05) is 0 Å². The first-order valence-electron chi connectivity index (χ1n) is 4.30. The summed E-state index contributed by atoms with van der Waals surface area (Å²) in [5.41, 5.74) is 0.666. The summed E-state index contributed by atoms with van der Waals surface area (Å²) in [6, 6.07) is 2.88. The summed E-state index contributed by atoms with van der Waals surface area (Å²) in [6.07, 6.45) is -5.40. The summed E-state index contributed by atoms with van der Waals surface area (Å²) < 4.78 is 64.4. The van der Waals surface area contributed by atoms with Gasteiger partial charge in [-0.2, -0.15) is 22.0 Å². The lowest BCUT2D eigenvalue weighted by molar-refractivity contribution is -0.114. The molecule has 0 heterocycles. The third kappa shape index (κ3) is 3.89. The number of alkyl halides is 4. The Morgan fingerprint density at radius 2 is 1.65 bits per heavy atom. The van der Waals surface area contributed by atoms with Crippen LogP contribution in [0, 0.1) is 0 Å². The normalized spacial score (nSPS) is 13.3. The second-order valence-electron chi connectivity index (χ2n) is 2.97. The number of halogens is 6. The SMILES string of the molecule is F/C(Oc1ccc(CCl)cc1)=C(\F)C(F)(F)F. The third-order valence-electron chi connectivity index (χ3n) is 1.71. The summed E-state index contributed by atoms with van der Waals surface area (Å²) in [4.78, 5) is 0. The molecule has 1 aromatic carbocycles. The fourth-order valence-corrected chi connectivity index (χ4v) is 1.08. The van der Waals surface area contributed by atoms with E-state index in [0.717, 1.165) is 0 Å². The average molecular weight is 273 g/mol. The van der Waals surface area contributed by atoms with Crippen LogP contribution in [-0.2, 0) is 5.88 Å². The number of allylic oxidation sites excluding steroid dienone is 1. The quantitative estimate of drug-likeness (QED) is 0.448. The van der Waals surface area contributed by atoms with Gasteiger partial charge in [0.15, 0.2) is 0 Å². The van der Waals surface area contributed by atoms with E-state index in [9.17, 15) is 22.0 Å². The zero-order chi connectivity index (χ0) is 13.1. The maximum absolute atomic E-state index is 12.7. The Labute approximate surface area is 98.4 Å². The van der Waals surface area contributed by atoms with Gasteiger partial charge in [0, 0.05) is 5.88 Å². The lowest BCUT2D eigenvalue weighted by Crippen LogP contribution is -2.11. The van der Waals surface area contributed by atoms with E-state index in [-0.39, 0.29) is 11.6 Å². The van der Waals surface area contributed by atoms with Crippen LogP contribution < -0.4 is 4.74 Å². The van der Waals surface area contributed by atoms with E-state index in [4.69, 9.17) is 11.6 Å². The average Bonchev–Trinajstić information content (AvgIpc) is 2.27. The van der Waals surface area contributed by atoms with Crippen LogP contribution in [0.25, 0.3) is 0 Å². The monoisotopic (exact) mass is 272 g/mol. The summed E-state index contributed by atoms with van der Waals surface area (Å²) >= 11 is 5.46. The van der Waals surface area contributed by atoms with Crippen LogP contribution in [0.2, 0.25) is 0 Å². The highest BCUT2D eigenvalue weighted by Crippen LogP contribution is 2.30. The number of benzene rings is 1. The van der Waals surface area contributed by atoms with Gasteiger partial charge in [0.25, 0.3) is 5.83 Å².